The second kappa shape index (κ2) is 10.5. The minimum absolute atomic E-state index is 0.0829. The second-order valence-corrected chi connectivity index (χ2v) is 9.17. The number of likely N-dealkylation sites (tertiary alicyclic amines) is 1. The molecule has 2 heterocycles. The van der Waals surface area contributed by atoms with Gasteiger partial charge in [0.15, 0.2) is 11.5 Å². The lowest BCUT2D eigenvalue weighted by atomic mass is 10.1. The lowest BCUT2D eigenvalue weighted by molar-refractivity contribution is 0.0586. The van der Waals surface area contributed by atoms with Crippen LogP contribution in [0.1, 0.15) is 50.1 Å². The van der Waals surface area contributed by atoms with Gasteiger partial charge in [0, 0.05) is 31.8 Å². The third-order valence-corrected chi connectivity index (χ3v) is 5.44. The van der Waals surface area contributed by atoms with E-state index < -0.39 is 17.8 Å². The largest absolute Gasteiger partial charge is 0.497 e. The molecule has 1 saturated heterocycles. The molecule has 11 nitrogen and oxygen atoms in total. The maximum Gasteiger partial charge on any atom is 0.415 e. The highest BCUT2D eigenvalue weighted by Crippen LogP contribution is 2.32. The summed E-state index contributed by atoms with van der Waals surface area (Å²) in [5.41, 5.74) is 0.0485. The molecule has 1 aromatic carbocycles. The maximum absolute atomic E-state index is 12.9. The van der Waals surface area contributed by atoms with Gasteiger partial charge in [-0.25, -0.2) is 14.3 Å². The molecule has 2 aromatic rings. The first kappa shape index (κ1) is 26.2. The van der Waals surface area contributed by atoms with E-state index in [0.717, 1.165) is 0 Å². The third kappa shape index (κ3) is 5.81. The number of methoxy groups -OCH3 is 2. The van der Waals surface area contributed by atoms with Gasteiger partial charge in [-0.2, -0.15) is 10.4 Å². The molecule has 0 bridgehead atoms. The second-order valence-electron chi connectivity index (χ2n) is 9.17. The number of ether oxygens (including phenoxy) is 3. The summed E-state index contributed by atoms with van der Waals surface area (Å²) in [5.74, 6) is 7.19. The Kier molecular flexibility index (Phi) is 7.64. The number of hydrogen-bond donors (Lipinski definition) is 1. The Labute approximate surface area is 209 Å². The number of anilines is 1. The molecule has 1 aromatic heterocycles. The van der Waals surface area contributed by atoms with E-state index in [2.05, 4.69) is 23.0 Å². The summed E-state index contributed by atoms with van der Waals surface area (Å²) in [4.78, 5) is 26.8. The van der Waals surface area contributed by atoms with Crippen LogP contribution in [0.3, 0.4) is 0 Å². The molecule has 1 aliphatic heterocycles. The number of rotatable bonds is 4. The third-order valence-electron chi connectivity index (χ3n) is 5.44. The molecule has 11 heteroatoms. The number of aromatic nitrogens is 2. The van der Waals surface area contributed by atoms with Crippen molar-refractivity contribution in [1.82, 2.24) is 14.7 Å². The monoisotopic (exact) mass is 495 g/mol. The number of hydrogen-bond acceptors (Lipinski definition) is 7. The van der Waals surface area contributed by atoms with Gasteiger partial charge in [0.1, 0.15) is 28.7 Å². The molecule has 190 valence electrons. The van der Waals surface area contributed by atoms with Gasteiger partial charge in [-0.1, -0.05) is 5.92 Å². The molecule has 0 aliphatic carbocycles. The fourth-order valence-corrected chi connectivity index (χ4v) is 3.74. The van der Waals surface area contributed by atoms with Crippen LogP contribution in [0.25, 0.3) is 0 Å². The van der Waals surface area contributed by atoms with Crippen LogP contribution < -0.4 is 14.4 Å². The molecule has 36 heavy (non-hydrogen) atoms. The smallest absolute Gasteiger partial charge is 0.415 e. The average Bonchev–Trinajstić information content (AvgIpc) is 3.45. The summed E-state index contributed by atoms with van der Waals surface area (Å²) in [6.07, 6.45) is -1.25. The summed E-state index contributed by atoms with van der Waals surface area (Å²) < 4.78 is 17.6. The van der Waals surface area contributed by atoms with Gasteiger partial charge >= 0.3 is 12.2 Å². The minimum atomic E-state index is -1.04. The van der Waals surface area contributed by atoms with E-state index in [1.54, 1.807) is 39.0 Å². The Morgan fingerprint density at radius 1 is 1.17 bits per heavy atom. The van der Waals surface area contributed by atoms with Crippen LogP contribution in [0, 0.1) is 23.2 Å². The molecule has 0 saturated carbocycles. The average molecular weight is 496 g/mol. The predicted octanol–water partition coefficient (Wildman–Crippen LogP) is 3.47. The van der Waals surface area contributed by atoms with Crippen molar-refractivity contribution in [3.05, 3.63) is 35.0 Å². The number of carboxylic acid groups (broad SMARTS) is 1. The summed E-state index contributed by atoms with van der Waals surface area (Å²) in [7, 11) is 4.54. The van der Waals surface area contributed by atoms with Gasteiger partial charge in [0.05, 0.1) is 20.3 Å². The molecule has 0 unspecified atom stereocenters. The first-order chi connectivity index (χ1) is 17.0. The number of carbonyl (C=O) groups excluding carboxylic acids is 1. The molecule has 0 radical (unpaired) electrons. The number of amides is 2. The number of benzene rings is 1. The quantitative estimate of drug-likeness (QED) is 0.638. The Morgan fingerprint density at radius 2 is 1.81 bits per heavy atom. The zero-order valence-corrected chi connectivity index (χ0v) is 21.2. The van der Waals surface area contributed by atoms with Crippen molar-refractivity contribution in [1.29, 1.82) is 5.26 Å². The Morgan fingerprint density at radius 3 is 2.31 bits per heavy atom. The van der Waals surface area contributed by atoms with Crippen molar-refractivity contribution in [3.8, 4) is 29.4 Å². The molecule has 1 N–H and O–H groups in total. The summed E-state index contributed by atoms with van der Waals surface area (Å²) in [6.45, 7) is 5.69. The van der Waals surface area contributed by atoms with Gasteiger partial charge < -0.3 is 24.2 Å². The van der Waals surface area contributed by atoms with Crippen molar-refractivity contribution >= 4 is 18.0 Å². The standard InChI is InChI=1S/C25H29N5O6/c1-25(2,3)36-24(33)28(4)22-20(14-26)21(27-30(22)17-9-10-29(15-17)23(31)32)8-7-16-11-18(34-5)13-19(12-16)35-6/h11-13,17H,9-10,15H2,1-6H3,(H,31,32)/t17-/m0/s1. The van der Waals surface area contributed by atoms with Crippen molar-refractivity contribution in [2.24, 2.45) is 0 Å². The zero-order valence-electron chi connectivity index (χ0n) is 21.2. The van der Waals surface area contributed by atoms with Gasteiger partial charge in [0.25, 0.3) is 0 Å². The van der Waals surface area contributed by atoms with E-state index in [4.69, 9.17) is 14.2 Å². The van der Waals surface area contributed by atoms with E-state index in [-0.39, 0.29) is 29.7 Å². The molecular weight excluding hydrogens is 466 g/mol. The van der Waals surface area contributed by atoms with Crippen molar-refractivity contribution in [2.75, 3.05) is 39.3 Å². The summed E-state index contributed by atoms with van der Waals surface area (Å²) in [6, 6.07) is 6.86. The van der Waals surface area contributed by atoms with Gasteiger partial charge in [-0.3, -0.25) is 4.90 Å². The molecule has 1 atom stereocenters. The number of nitrogens with zero attached hydrogens (tertiary/aromatic N) is 5. The molecule has 0 spiro atoms. The van der Waals surface area contributed by atoms with Crippen LogP contribution >= 0.6 is 0 Å². The predicted molar refractivity (Wildman–Crippen MR) is 130 cm³/mol. The maximum atomic E-state index is 12.9. The zero-order chi connectivity index (χ0) is 26.6. The molecule has 3 rings (SSSR count). The van der Waals surface area contributed by atoms with E-state index in [1.807, 2.05) is 0 Å². The van der Waals surface area contributed by atoms with Crippen molar-refractivity contribution in [3.63, 3.8) is 0 Å². The van der Waals surface area contributed by atoms with Crippen molar-refractivity contribution in [2.45, 2.75) is 38.8 Å². The molecule has 1 fully saturated rings. The van der Waals surface area contributed by atoms with Gasteiger partial charge in [-0.15, -0.1) is 0 Å². The van der Waals surface area contributed by atoms with E-state index in [0.29, 0.717) is 30.0 Å². The minimum Gasteiger partial charge on any atom is -0.497 e. The fraction of sp³-hybridized carbons (Fsp3) is 0.440. The van der Waals surface area contributed by atoms with Crippen LogP contribution in [0.15, 0.2) is 18.2 Å². The lowest BCUT2D eigenvalue weighted by Gasteiger charge is -2.26. The Bertz CT molecular complexity index is 1240. The highest BCUT2D eigenvalue weighted by molar-refractivity contribution is 5.88. The number of carbonyl (C=O) groups is 2. The summed E-state index contributed by atoms with van der Waals surface area (Å²) >= 11 is 0. The van der Waals surface area contributed by atoms with Crippen molar-refractivity contribution < 1.29 is 28.9 Å². The Balaban J connectivity index is 2.10. The van der Waals surface area contributed by atoms with Crippen LogP contribution in [0.5, 0.6) is 11.5 Å². The molecule has 1 aliphatic rings. The molecular formula is C25H29N5O6. The Hall–Kier alpha value is -4.38. The van der Waals surface area contributed by atoms with Crippen LogP contribution in [-0.4, -0.2) is 71.9 Å². The first-order valence-electron chi connectivity index (χ1n) is 11.2. The van der Waals surface area contributed by atoms with E-state index in [1.165, 1.54) is 35.7 Å². The van der Waals surface area contributed by atoms with E-state index in [9.17, 15) is 20.0 Å². The fourth-order valence-electron chi connectivity index (χ4n) is 3.74. The number of nitriles is 1. The summed E-state index contributed by atoms with van der Waals surface area (Å²) in [5, 5.41) is 24.0. The van der Waals surface area contributed by atoms with Crippen LogP contribution in [0.2, 0.25) is 0 Å². The highest BCUT2D eigenvalue weighted by Gasteiger charge is 2.34. The lowest BCUT2D eigenvalue weighted by Crippen LogP contribution is -2.36. The molecule has 2 amide bonds. The van der Waals surface area contributed by atoms with Crippen LogP contribution in [0.4, 0.5) is 15.4 Å². The normalized spacial score (nSPS) is 14.9. The van der Waals surface area contributed by atoms with Gasteiger partial charge in [-0.05, 0) is 45.2 Å². The topological polar surface area (TPSA) is 130 Å². The van der Waals surface area contributed by atoms with Gasteiger partial charge in [0.2, 0.25) is 0 Å². The highest BCUT2D eigenvalue weighted by atomic mass is 16.6. The SMILES string of the molecule is COc1cc(C#Cc2nn([C@H]3CCN(C(=O)O)C3)c(N(C)C(=O)OC(C)(C)C)c2C#N)cc(OC)c1. The van der Waals surface area contributed by atoms with Crippen LogP contribution in [-0.2, 0) is 4.74 Å². The van der Waals surface area contributed by atoms with E-state index >= 15 is 0 Å². The first-order valence-corrected chi connectivity index (χ1v) is 11.2.